The van der Waals surface area contributed by atoms with Gasteiger partial charge in [-0.1, -0.05) is 54.9 Å². The standard InChI is InChI=1S/C28H35ClN4O2/c1-18-11-12-22(29)15-23(18)26(34)32-13-14-33(28(4,5)17-32)27-24(35-27)25(30)31-16-19(2)20(3)21-9-7-6-8-10-21/h6-12,15-16,20,24,27H,13-14,17H2,1-5H3,(H2,30,31)/b19-16+. The van der Waals surface area contributed by atoms with Crippen LogP contribution in [0.1, 0.15) is 55.1 Å². The predicted octanol–water partition coefficient (Wildman–Crippen LogP) is 4.97. The van der Waals surface area contributed by atoms with Crippen molar-refractivity contribution in [3.05, 3.63) is 82.0 Å². The Morgan fingerprint density at radius 2 is 1.94 bits per heavy atom. The van der Waals surface area contributed by atoms with Crippen LogP contribution in [0.15, 0.2) is 65.3 Å². The molecule has 3 unspecified atom stereocenters. The third-order valence-corrected chi connectivity index (χ3v) is 7.39. The van der Waals surface area contributed by atoms with Gasteiger partial charge in [0, 0.05) is 47.9 Å². The minimum Gasteiger partial charge on any atom is -0.385 e. The molecule has 0 radical (unpaired) electrons. The topological polar surface area (TPSA) is 74.5 Å². The van der Waals surface area contributed by atoms with E-state index in [0.717, 1.165) is 11.1 Å². The van der Waals surface area contributed by atoms with Crippen molar-refractivity contribution in [3.8, 4) is 0 Å². The lowest BCUT2D eigenvalue weighted by Crippen LogP contribution is -2.61. The molecule has 1 amide bonds. The largest absolute Gasteiger partial charge is 0.385 e. The number of aliphatic imine (C=N–C) groups is 1. The van der Waals surface area contributed by atoms with Crippen molar-refractivity contribution in [2.24, 2.45) is 10.7 Å². The number of halogens is 1. The van der Waals surface area contributed by atoms with Gasteiger partial charge in [0.25, 0.3) is 5.91 Å². The Kier molecular flexibility index (Phi) is 7.36. The monoisotopic (exact) mass is 494 g/mol. The lowest BCUT2D eigenvalue weighted by atomic mass is 9.95. The Balaban J connectivity index is 1.39. The minimum atomic E-state index is -0.270. The van der Waals surface area contributed by atoms with Gasteiger partial charge >= 0.3 is 0 Å². The molecule has 7 heteroatoms. The first kappa shape index (κ1) is 25.4. The van der Waals surface area contributed by atoms with E-state index in [4.69, 9.17) is 22.1 Å². The van der Waals surface area contributed by atoms with Crippen molar-refractivity contribution in [1.82, 2.24) is 9.80 Å². The second kappa shape index (κ2) is 10.1. The maximum absolute atomic E-state index is 13.2. The van der Waals surface area contributed by atoms with Crippen molar-refractivity contribution in [2.45, 2.75) is 58.4 Å². The van der Waals surface area contributed by atoms with Gasteiger partial charge in [0.1, 0.15) is 12.1 Å². The number of allylic oxidation sites excluding steroid dienone is 1. The molecule has 2 fully saturated rings. The van der Waals surface area contributed by atoms with Gasteiger partial charge in [0.2, 0.25) is 0 Å². The van der Waals surface area contributed by atoms with Crippen LogP contribution in [0.4, 0.5) is 0 Å². The van der Waals surface area contributed by atoms with Crippen LogP contribution in [0.25, 0.3) is 0 Å². The zero-order chi connectivity index (χ0) is 25.3. The summed E-state index contributed by atoms with van der Waals surface area (Å²) in [6.45, 7) is 12.3. The molecule has 0 aliphatic carbocycles. The Labute approximate surface area is 213 Å². The number of carbonyl (C=O) groups excluding carboxylic acids is 1. The van der Waals surface area contributed by atoms with Crippen LogP contribution in [0.5, 0.6) is 0 Å². The van der Waals surface area contributed by atoms with Gasteiger partial charge in [0.15, 0.2) is 6.10 Å². The first-order valence-electron chi connectivity index (χ1n) is 12.1. The summed E-state index contributed by atoms with van der Waals surface area (Å²) in [4.78, 5) is 21.9. The molecule has 2 N–H and O–H groups in total. The van der Waals surface area contributed by atoms with E-state index in [2.05, 4.69) is 49.7 Å². The number of rotatable bonds is 6. The van der Waals surface area contributed by atoms with Crippen molar-refractivity contribution >= 4 is 23.3 Å². The van der Waals surface area contributed by atoms with E-state index in [0.29, 0.717) is 36.1 Å². The predicted molar refractivity (Wildman–Crippen MR) is 142 cm³/mol. The van der Waals surface area contributed by atoms with E-state index in [9.17, 15) is 4.79 Å². The number of aryl methyl sites for hydroxylation is 1. The number of piperazine rings is 1. The highest BCUT2D eigenvalue weighted by atomic mass is 35.5. The molecule has 2 saturated heterocycles. The molecule has 2 aliphatic rings. The lowest BCUT2D eigenvalue weighted by molar-refractivity contribution is -0.00664. The normalized spacial score (nSPS) is 23.8. The molecule has 3 atom stereocenters. The molecule has 2 aromatic rings. The fourth-order valence-corrected chi connectivity index (χ4v) is 4.90. The fraction of sp³-hybridized carbons (Fsp3) is 0.429. The van der Waals surface area contributed by atoms with Crippen LogP contribution in [0, 0.1) is 6.92 Å². The molecule has 6 nitrogen and oxygen atoms in total. The van der Waals surface area contributed by atoms with Crippen molar-refractivity contribution in [1.29, 1.82) is 0 Å². The number of hydrogen-bond acceptors (Lipinski definition) is 4. The number of hydrogen-bond donors (Lipinski definition) is 1. The second-order valence-corrected chi connectivity index (χ2v) is 10.6. The summed E-state index contributed by atoms with van der Waals surface area (Å²) in [7, 11) is 0. The summed E-state index contributed by atoms with van der Waals surface area (Å²) in [6.07, 6.45) is 1.49. The quantitative estimate of drug-likeness (QED) is 0.349. The highest BCUT2D eigenvalue weighted by Crippen LogP contribution is 2.35. The molecule has 0 bridgehead atoms. The van der Waals surface area contributed by atoms with E-state index in [-0.39, 0.29) is 29.7 Å². The maximum atomic E-state index is 13.2. The Morgan fingerprint density at radius 1 is 1.23 bits per heavy atom. The van der Waals surface area contributed by atoms with Crippen LogP contribution >= 0.6 is 11.6 Å². The summed E-state index contributed by atoms with van der Waals surface area (Å²) >= 11 is 6.15. The maximum Gasteiger partial charge on any atom is 0.254 e. The molecule has 186 valence electrons. The number of epoxide rings is 1. The molecule has 2 aromatic carbocycles. The van der Waals surface area contributed by atoms with Crippen molar-refractivity contribution < 1.29 is 9.53 Å². The molecular weight excluding hydrogens is 460 g/mol. The Morgan fingerprint density at radius 3 is 2.63 bits per heavy atom. The minimum absolute atomic E-state index is 0.0141. The molecule has 0 aromatic heterocycles. The Bertz CT molecular complexity index is 1140. The highest BCUT2D eigenvalue weighted by Gasteiger charge is 2.52. The van der Waals surface area contributed by atoms with E-state index >= 15 is 0 Å². The number of carbonyl (C=O) groups is 1. The third kappa shape index (κ3) is 5.61. The smallest absolute Gasteiger partial charge is 0.254 e. The zero-order valence-electron chi connectivity index (χ0n) is 21.2. The summed E-state index contributed by atoms with van der Waals surface area (Å²) in [5.74, 6) is 0.759. The van der Waals surface area contributed by atoms with Gasteiger partial charge in [-0.25, -0.2) is 4.99 Å². The Hall–Kier alpha value is -2.67. The lowest BCUT2D eigenvalue weighted by Gasteiger charge is -2.46. The summed E-state index contributed by atoms with van der Waals surface area (Å²) < 4.78 is 5.97. The summed E-state index contributed by atoms with van der Waals surface area (Å²) in [5.41, 5.74) is 10.0. The van der Waals surface area contributed by atoms with E-state index in [1.165, 1.54) is 5.56 Å². The van der Waals surface area contributed by atoms with Gasteiger partial charge in [-0.15, -0.1) is 0 Å². The van der Waals surface area contributed by atoms with Crippen LogP contribution in [0.2, 0.25) is 5.02 Å². The number of ether oxygens (including phenoxy) is 1. The van der Waals surface area contributed by atoms with Gasteiger partial charge in [-0.2, -0.15) is 0 Å². The van der Waals surface area contributed by atoms with Crippen LogP contribution in [-0.2, 0) is 4.74 Å². The number of benzene rings is 2. The zero-order valence-corrected chi connectivity index (χ0v) is 21.9. The van der Waals surface area contributed by atoms with Crippen LogP contribution < -0.4 is 5.73 Å². The third-order valence-electron chi connectivity index (χ3n) is 7.15. The van der Waals surface area contributed by atoms with Gasteiger partial charge in [-0.05, 0) is 56.5 Å². The number of nitrogens with zero attached hydrogens (tertiary/aromatic N) is 3. The van der Waals surface area contributed by atoms with E-state index < -0.39 is 0 Å². The molecule has 2 aliphatic heterocycles. The first-order chi connectivity index (χ1) is 16.6. The van der Waals surface area contributed by atoms with Gasteiger partial charge in [-0.3, -0.25) is 9.69 Å². The van der Waals surface area contributed by atoms with Gasteiger partial charge in [0.05, 0.1) is 0 Å². The van der Waals surface area contributed by atoms with Gasteiger partial charge < -0.3 is 15.4 Å². The van der Waals surface area contributed by atoms with Crippen molar-refractivity contribution in [3.63, 3.8) is 0 Å². The summed E-state index contributed by atoms with van der Waals surface area (Å²) in [5, 5.41) is 0.572. The second-order valence-electron chi connectivity index (χ2n) is 10.2. The average Bonchev–Trinajstić information content (AvgIpc) is 3.63. The molecule has 4 rings (SSSR count). The average molecular weight is 495 g/mol. The van der Waals surface area contributed by atoms with Crippen molar-refractivity contribution in [2.75, 3.05) is 19.6 Å². The summed E-state index contributed by atoms with van der Waals surface area (Å²) in [6, 6.07) is 15.8. The van der Waals surface area contributed by atoms with E-state index in [1.54, 1.807) is 6.07 Å². The number of amidine groups is 1. The van der Waals surface area contributed by atoms with Crippen LogP contribution in [-0.4, -0.2) is 59.0 Å². The SMILES string of the molecule is C/C(=C\N=C(N)C1OC1N1CCN(C(=O)c2cc(Cl)ccc2C)CC1(C)C)C(C)c1ccccc1. The molecular formula is C28H35ClN4O2. The number of amides is 1. The molecule has 0 saturated carbocycles. The fourth-order valence-electron chi connectivity index (χ4n) is 4.73. The number of nitrogens with two attached hydrogens (primary N) is 1. The molecule has 0 spiro atoms. The van der Waals surface area contributed by atoms with E-state index in [1.807, 2.05) is 48.4 Å². The highest BCUT2D eigenvalue weighted by molar-refractivity contribution is 6.31. The van der Waals surface area contributed by atoms with Crippen LogP contribution in [0.3, 0.4) is 0 Å². The first-order valence-corrected chi connectivity index (χ1v) is 12.5. The molecule has 35 heavy (non-hydrogen) atoms. The molecule has 2 heterocycles.